The Morgan fingerprint density at radius 2 is 1.70 bits per heavy atom. The maximum absolute atomic E-state index is 13.6. The maximum atomic E-state index is 13.6. The summed E-state index contributed by atoms with van der Waals surface area (Å²) in [5, 5.41) is 0. The summed E-state index contributed by atoms with van der Waals surface area (Å²) in [5.41, 5.74) is 7.50. The molecule has 0 aliphatic carbocycles. The van der Waals surface area contributed by atoms with Gasteiger partial charge in [0.1, 0.15) is 0 Å². The van der Waals surface area contributed by atoms with E-state index in [1.165, 1.54) is 22.4 Å². The lowest BCUT2D eigenvalue weighted by atomic mass is 9.80. The number of hydrogen-bond donors (Lipinski definition) is 0. The Labute approximate surface area is 181 Å². The van der Waals surface area contributed by atoms with E-state index in [2.05, 4.69) is 62.9 Å². The van der Waals surface area contributed by atoms with Crippen LogP contribution in [0.3, 0.4) is 0 Å². The first-order valence-electron chi connectivity index (χ1n) is 11.0. The smallest absolute Gasteiger partial charge is 0.236 e. The first kappa shape index (κ1) is 22.4. The SMILES string of the molecule is CCc1ccc(C(C)(C)C(=O)N(C)c2cc(C)c(N3CCOCC3)cc2C)c(C)c1. The molecule has 4 nitrogen and oxygen atoms in total. The zero-order chi connectivity index (χ0) is 22.1. The van der Waals surface area contributed by atoms with E-state index < -0.39 is 5.41 Å². The second kappa shape index (κ2) is 8.81. The van der Waals surface area contributed by atoms with Crippen molar-refractivity contribution in [2.24, 2.45) is 0 Å². The number of ether oxygens (including phenoxy) is 1. The Kier molecular flexibility index (Phi) is 6.56. The molecule has 1 heterocycles. The molecule has 0 radical (unpaired) electrons. The number of benzene rings is 2. The molecule has 3 rings (SSSR count). The van der Waals surface area contributed by atoms with Crippen molar-refractivity contribution in [3.63, 3.8) is 0 Å². The number of carbonyl (C=O) groups is 1. The first-order valence-corrected chi connectivity index (χ1v) is 11.0. The van der Waals surface area contributed by atoms with Gasteiger partial charge in [0.05, 0.1) is 18.6 Å². The first-order chi connectivity index (χ1) is 14.2. The monoisotopic (exact) mass is 408 g/mol. The van der Waals surface area contributed by atoms with Crippen LogP contribution in [0.2, 0.25) is 0 Å². The molecule has 0 saturated carbocycles. The van der Waals surface area contributed by atoms with Crippen molar-refractivity contribution in [3.05, 3.63) is 58.1 Å². The second-order valence-corrected chi connectivity index (χ2v) is 9.02. The van der Waals surface area contributed by atoms with Gasteiger partial charge in [-0.15, -0.1) is 0 Å². The number of anilines is 2. The number of carbonyl (C=O) groups excluding carboxylic acids is 1. The number of amides is 1. The van der Waals surface area contributed by atoms with Gasteiger partial charge in [-0.05, 0) is 81.0 Å². The summed E-state index contributed by atoms with van der Waals surface area (Å²) in [6.45, 7) is 15.9. The average Bonchev–Trinajstić information content (AvgIpc) is 2.74. The molecule has 1 aliphatic heterocycles. The number of morpholine rings is 1. The Balaban J connectivity index is 1.90. The van der Waals surface area contributed by atoms with Crippen LogP contribution in [0.15, 0.2) is 30.3 Å². The van der Waals surface area contributed by atoms with Gasteiger partial charge in [-0.1, -0.05) is 25.1 Å². The van der Waals surface area contributed by atoms with Gasteiger partial charge in [-0.25, -0.2) is 0 Å². The Morgan fingerprint density at radius 3 is 2.30 bits per heavy atom. The highest BCUT2D eigenvalue weighted by Crippen LogP contribution is 2.34. The summed E-state index contributed by atoms with van der Waals surface area (Å²) in [4.78, 5) is 17.8. The zero-order valence-corrected chi connectivity index (χ0v) is 19.6. The van der Waals surface area contributed by atoms with E-state index in [4.69, 9.17) is 4.74 Å². The molecule has 1 fully saturated rings. The minimum atomic E-state index is -0.603. The second-order valence-electron chi connectivity index (χ2n) is 9.02. The fraction of sp³-hybridized carbons (Fsp3) is 0.500. The highest BCUT2D eigenvalue weighted by molar-refractivity contribution is 6.01. The van der Waals surface area contributed by atoms with Gasteiger partial charge in [0.2, 0.25) is 5.91 Å². The third-order valence-electron chi connectivity index (χ3n) is 6.44. The Hall–Kier alpha value is -2.33. The fourth-order valence-corrected chi connectivity index (χ4v) is 4.58. The van der Waals surface area contributed by atoms with Gasteiger partial charge in [0, 0.05) is 31.5 Å². The number of nitrogens with zero attached hydrogens (tertiary/aromatic N) is 2. The lowest BCUT2D eigenvalue weighted by molar-refractivity contribution is -0.122. The van der Waals surface area contributed by atoms with Crippen LogP contribution in [0.5, 0.6) is 0 Å². The van der Waals surface area contributed by atoms with Crippen LogP contribution in [0.25, 0.3) is 0 Å². The molecular weight excluding hydrogens is 372 g/mol. The van der Waals surface area contributed by atoms with Gasteiger partial charge >= 0.3 is 0 Å². The molecule has 2 aromatic rings. The average molecular weight is 409 g/mol. The number of hydrogen-bond acceptors (Lipinski definition) is 3. The van der Waals surface area contributed by atoms with E-state index in [1.807, 2.05) is 25.8 Å². The molecule has 1 saturated heterocycles. The van der Waals surface area contributed by atoms with Gasteiger partial charge in [-0.2, -0.15) is 0 Å². The van der Waals surface area contributed by atoms with E-state index in [-0.39, 0.29) is 5.91 Å². The topological polar surface area (TPSA) is 32.8 Å². The third-order valence-corrected chi connectivity index (χ3v) is 6.44. The molecule has 0 unspecified atom stereocenters. The normalized spacial score (nSPS) is 14.7. The zero-order valence-electron chi connectivity index (χ0n) is 19.6. The molecule has 30 heavy (non-hydrogen) atoms. The van der Waals surface area contributed by atoms with Gasteiger partial charge < -0.3 is 14.5 Å². The highest BCUT2D eigenvalue weighted by atomic mass is 16.5. The van der Waals surface area contributed by atoms with Crippen molar-refractivity contribution >= 4 is 17.3 Å². The van der Waals surface area contributed by atoms with Crippen LogP contribution in [-0.2, 0) is 21.4 Å². The fourth-order valence-electron chi connectivity index (χ4n) is 4.58. The quantitative estimate of drug-likeness (QED) is 0.702. The van der Waals surface area contributed by atoms with Crippen LogP contribution in [0.1, 0.15) is 48.6 Å². The standard InChI is InChI=1S/C26H36N2O2/c1-8-21-9-10-22(18(2)15-21)26(5,6)25(29)27(7)23-16-20(4)24(17-19(23)3)28-11-13-30-14-12-28/h9-10,15-17H,8,11-14H2,1-7H3. The molecule has 0 atom stereocenters. The van der Waals surface area contributed by atoms with Crippen molar-refractivity contribution < 1.29 is 9.53 Å². The molecule has 2 aromatic carbocycles. The van der Waals surface area contributed by atoms with Crippen molar-refractivity contribution in [2.75, 3.05) is 43.2 Å². The minimum Gasteiger partial charge on any atom is -0.378 e. The lowest BCUT2D eigenvalue weighted by Crippen LogP contribution is -2.42. The van der Waals surface area contributed by atoms with Crippen LogP contribution >= 0.6 is 0 Å². The van der Waals surface area contributed by atoms with Crippen LogP contribution in [0, 0.1) is 20.8 Å². The number of aryl methyl sites for hydroxylation is 4. The van der Waals surface area contributed by atoms with Gasteiger partial charge in [0.15, 0.2) is 0 Å². The number of rotatable bonds is 5. The summed E-state index contributed by atoms with van der Waals surface area (Å²) in [6.07, 6.45) is 1.00. The van der Waals surface area contributed by atoms with E-state index >= 15 is 0 Å². The Morgan fingerprint density at radius 1 is 1.03 bits per heavy atom. The van der Waals surface area contributed by atoms with Crippen LogP contribution in [0.4, 0.5) is 11.4 Å². The summed E-state index contributed by atoms with van der Waals surface area (Å²) >= 11 is 0. The molecule has 4 heteroatoms. The van der Waals surface area contributed by atoms with Gasteiger partial charge in [-0.3, -0.25) is 4.79 Å². The molecule has 0 N–H and O–H groups in total. The minimum absolute atomic E-state index is 0.108. The third kappa shape index (κ3) is 4.24. The molecule has 0 aromatic heterocycles. The van der Waals surface area contributed by atoms with Crippen molar-refractivity contribution in [3.8, 4) is 0 Å². The lowest BCUT2D eigenvalue weighted by Gasteiger charge is -2.34. The van der Waals surface area contributed by atoms with E-state index in [1.54, 1.807) is 0 Å². The van der Waals surface area contributed by atoms with E-state index in [0.29, 0.717) is 0 Å². The van der Waals surface area contributed by atoms with E-state index in [0.717, 1.165) is 49.5 Å². The summed E-state index contributed by atoms with van der Waals surface area (Å²) < 4.78 is 5.49. The molecule has 1 aliphatic rings. The predicted molar refractivity (Wildman–Crippen MR) is 126 cm³/mol. The Bertz CT molecular complexity index is 927. The van der Waals surface area contributed by atoms with Crippen molar-refractivity contribution in [1.82, 2.24) is 0 Å². The molecular formula is C26H36N2O2. The molecule has 1 amide bonds. The maximum Gasteiger partial charge on any atom is 0.236 e. The molecule has 0 spiro atoms. The largest absolute Gasteiger partial charge is 0.378 e. The predicted octanol–water partition coefficient (Wildman–Crippen LogP) is 4.95. The van der Waals surface area contributed by atoms with Crippen LogP contribution in [-0.4, -0.2) is 39.3 Å². The van der Waals surface area contributed by atoms with Gasteiger partial charge in [0.25, 0.3) is 0 Å². The highest BCUT2D eigenvalue weighted by Gasteiger charge is 2.34. The summed E-state index contributed by atoms with van der Waals surface area (Å²) in [7, 11) is 1.90. The van der Waals surface area contributed by atoms with E-state index in [9.17, 15) is 4.79 Å². The van der Waals surface area contributed by atoms with Crippen molar-refractivity contribution in [2.45, 2.75) is 53.4 Å². The summed E-state index contributed by atoms with van der Waals surface area (Å²) in [5.74, 6) is 0.108. The molecule has 162 valence electrons. The molecule has 0 bridgehead atoms. The number of likely N-dealkylation sites (N-methyl/N-ethyl adjacent to an activating group) is 1. The van der Waals surface area contributed by atoms with Crippen LogP contribution < -0.4 is 9.80 Å². The summed E-state index contributed by atoms with van der Waals surface area (Å²) in [6, 6.07) is 10.8. The van der Waals surface area contributed by atoms with Crippen molar-refractivity contribution in [1.29, 1.82) is 0 Å².